The fourth-order valence-electron chi connectivity index (χ4n) is 0.503. The minimum Gasteiger partial charge on any atom is -0.377 e. The first-order chi connectivity index (χ1) is 4.31. The van der Waals surface area contributed by atoms with Crippen molar-refractivity contribution < 1.29 is 4.74 Å². The van der Waals surface area contributed by atoms with Gasteiger partial charge in [0.15, 0.2) is 0 Å². The lowest BCUT2D eigenvalue weighted by molar-refractivity contribution is 0.0831. The Labute approximate surface area is 60.9 Å². The van der Waals surface area contributed by atoms with Crippen LogP contribution in [0.1, 0.15) is 13.8 Å². The highest BCUT2D eigenvalue weighted by molar-refractivity contribution is 7.78. The summed E-state index contributed by atoms with van der Waals surface area (Å²) in [7, 11) is 0. The van der Waals surface area contributed by atoms with Crippen molar-refractivity contribution in [3.05, 3.63) is 0 Å². The molecule has 52 valence electrons. The first kappa shape index (κ1) is 8.76. The van der Waals surface area contributed by atoms with Crippen LogP contribution in [0.4, 0.5) is 0 Å². The Morgan fingerprint density at radius 3 is 2.89 bits per heavy atom. The molecule has 0 aromatic carbocycles. The maximum absolute atomic E-state index is 5.16. The molecule has 0 aromatic rings. The molecule has 0 heterocycles. The molecule has 0 saturated carbocycles. The summed E-state index contributed by atoms with van der Waals surface area (Å²) in [6, 6.07) is 0. The molecule has 2 nitrogen and oxygen atoms in total. The molecule has 0 aliphatic heterocycles. The summed E-state index contributed by atoms with van der Waals surface area (Å²) in [4.78, 5) is 3.73. The van der Waals surface area contributed by atoms with E-state index in [0.717, 1.165) is 6.61 Å². The second-order valence-electron chi connectivity index (χ2n) is 1.70. The molecule has 0 rings (SSSR count). The van der Waals surface area contributed by atoms with Gasteiger partial charge < -0.3 is 4.74 Å². The molecule has 9 heavy (non-hydrogen) atoms. The highest BCUT2D eigenvalue weighted by atomic mass is 32.1. The van der Waals surface area contributed by atoms with Gasteiger partial charge in [-0.25, -0.2) is 4.99 Å². The van der Waals surface area contributed by atoms with Crippen molar-refractivity contribution in [1.29, 1.82) is 0 Å². The zero-order chi connectivity index (χ0) is 7.11. The van der Waals surface area contributed by atoms with Crippen molar-refractivity contribution in [3.8, 4) is 0 Å². The third-order valence-electron chi connectivity index (χ3n) is 0.864. The third kappa shape index (κ3) is 5.63. The Morgan fingerprint density at radius 1 is 1.78 bits per heavy atom. The number of thiocarbonyl (C=S) groups is 1. The van der Waals surface area contributed by atoms with Gasteiger partial charge in [0.2, 0.25) is 0 Å². The Morgan fingerprint density at radius 2 is 2.44 bits per heavy atom. The van der Waals surface area contributed by atoms with Crippen LogP contribution >= 0.6 is 12.2 Å². The molecule has 0 spiro atoms. The van der Waals surface area contributed by atoms with E-state index in [1.54, 1.807) is 0 Å². The van der Waals surface area contributed by atoms with Crippen LogP contribution < -0.4 is 0 Å². The van der Waals surface area contributed by atoms with Gasteiger partial charge in [-0.2, -0.15) is 0 Å². The molecule has 0 aliphatic rings. The SMILES string of the molecule is CCOC(C)CN=C=S. The number of aliphatic imine (C=N–C) groups is 1. The molecule has 0 fully saturated rings. The first-order valence-corrected chi connectivity index (χ1v) is 3.37. The highest BCUT2D eigenvalue weighted by Crippen LogP contribution is 1.88. The van der Waals surface area contributed by atoms with E-state index in [4.69, 9.17) is 4.74 Å². The van der Waals surface area contributed by atoms with Crippen molar-refractivity contribution in [2.45, 2.75) is 20.0 Å². The van der Waals surface area contributed by atoms with Gasteiger partial charge in [-0.15, -0.1) is 0 Å². The van der Waals surface area contributed by atoms with E-state index in [2.05, 4.69) is 22.4 Å². The van der Waals surface area contributed by atoms with Crippen molar-refractivity contribution in [1.82, 2.24) is 0 Å². The second-order valence-corrected chi connectivity index (χ2v) is 1.88. The van der Waals surface area contributed by atoms with Gasteiger partial charge in [0.25, 0.3) is 0 Å². The molecule has 1 unspecified atom stereocenters. The van der Waals surface area contributed by atoms with Crippen molar-refractivity contribution in [3.63, 3.8) is 0 Å². The Kier molecular flexibility index (Phi) is 5.73. The van der Waals surface area contributed by atoms with E-state index >= 15 is 0 Å². The van der Waals surface area contributed by atoms with E-state index in [1.165, 1.54) is 0 Å². The largest absolute Gasteiger partial charge is 0.377 e. The molecular weight excluding hydrogens is 134 g/mol. The molecule has 0 N–H and O–H groups in total. The van der Waals surface area contributed by atoms with Crippen LogP contribution in [-0.4, -0.2) is 24.4 Å². The number of hydrogen-bond donors (Lipinski definition) is 0. The van der Waals surface area contributed by atoms with Crippen molar-refractivity contribution in [2.75, 3.05) is 13.2 Å². The zero-order valence-corrected chi connectivity index (χ0v) is 6.57. The zero-order valence-electron chi connectivity index (χ0n) is 5.76. The van der Waals surface area contributed by atoms with E-state index in [9.17, 15) is 0 Å². The average Bonchev–Trinajstić information content (AvgIpc) is 1.85. The van der Waals surface area contributed by atoms with Gasteiger partial charge >= 0.3 is 0 Å². The maximum Gasteiger partial charge on any atom is 0.0752 e. The average molecular weight is 145 g/mol. The van der Waals surface area contributed by atoms with Gasteiger partial charge in [-0.3, -0.25) is 0 Å². The van der Waals surface area contributed by atoms with E-state index < -0.39 is 0 Å². The number of hydrogen-bond acceptors (Lipinski definition) is 3. The van der Waals surface area contributed by atoms with Crippen LogP contribution in [0.25, 0.3) is 0 Å². The summed E-state index contributed by atoms with van der Waals surface area (Å²) in [5.41, 5.74) is 0. The van der Waals surface area contributed by atoms with E-state index in [-0.39, 0.29) is 6.10 Å². The van der Waals surface area contributed by atoms with Crippen molar-refractivity contribution >= 4 is 17.4 Å². The van der Waals surface area contributed by atoms with Gasteiger partial charge in [-0.05, 0) is 26.1 Å². The lowest BCUT2D eigenvalue weighted by Crippen LogP contribution is -2.10. The van der Waals surface area contributed by atoms with Gasteiger partial charge in [0, 0.05) is 6.61 Å². The van der Waals surface area contributed by atoms with E-state index in [1.807, 2.05) is 13.8 Å². The number of ether oxygens (including phenoxy) is 1. The summed E-state index contributed by atoms with van der Waals surface area (Å²) < 4.78 is 5.16. The third-order valence-corrected chi connectivity index (χ3v) is 0.993. The lowest BCUT2D eigenvalue weighted by Gasteiger charge is -2.05. The van der Waals surface area contributed by atoms with Crippen LogP contribution in [0.15, 0.2) is 4.99 Å². The minimum atomic E-state index is 0.172. The summed E-state index contributed by atoms with van der Waals surface area (Å²) >= 11 is 4.38. The van der Waals surface area contributed by atoms with Gasteiger partial charge in [0.05, 0.1) is 17.8 Å². The Hall–Kier alpha value is -0.240. The fourth-order valence-corrected chi connectivity index (χ4v) is 0.578. The molecule has 0 saturated heterocycles. The van der Waals surface area contributed by atoms with Gasteiger partial charge in [-0.1, -0.05) is 0 Å². The minimum absolute atomic E-state index is 0.172. The van der Waals surface area contributed by atoms with Crippen molar-refractivity contribution in [2.24, 2.45) is 4.99 Å². The number of rotatable bonds is 4. The molecule has 1 atom stereocenters. The summed E-state index contributed by atoms with van der Waals surface area (Å²) in [6.45, 7) is 5.27. The Bertz CT molecular complexity index is 110. The highest BCUT2D eigenvalue weighted by Gasteiger charge is 1.95. The standard InChI is InChI=1S/C6H11NOS/c1-3-8-6(2)4-7-5-9/h6H,3-4H2,1-2H3. The topological polar surface area (TPSA) is 21.6 Å². The molecule has 0 bridgehead atoms. The molecule has 0 amide bonds. The smallest absolute Gasteiger partial charge is 0.0752 e. The quantitative estimate of drug-likeness (QED) is 0.442. The summed E-state index contributed by atoms with van der Waals surface area (Å²) in [6.07, 6.45) is 0.172. The lowest BCUT2D eigenvalue weighted by atomic mass is 10.4. The predicted molar refractivity (Wildman–Crippen MR) is 41.0 cm³/mol. The monoisotopic (exact) mass is 145 g/mol. The van der Waals surface area contributed by atoms with Crippen LogP contribution in [0.5, 0.6) is 0 Å². The second kappa shape index (κ2) is 5.89. The number of nitrogens with zero attached hydrogens (tertiary/aromatic N) is 1. The Balaban J connectivity index is 3.25. The summed E-state index contributed by atoms with van der Waals surface area (Å²) in [5, 5.41) is 2.29. The van der Waals surface area contributed by atoms with Crippen LogP contribution in [0, 0.1) is 0 Å². The predicted octanol–water partition coefficient (Wildman–Crippen LogP) is 1.51. The van der Waals surface area contributed by atoms with Gasteiger partial charge in [0.1, 0.15) is 0 Å². The summed E-state index contributed by atoms with van der Waals surface area (Å²) in [5.74, 6) is 0. The molecule has 0 aliphatic carbocycles. The molecular formula is C6H11NOS. The molecule has 0 radical (unpaired) electrons. The normalized spacial score (nSPS) is 12.2. The molecule has 3 heteroatoms. The molecule has 0 aromatic heterocycles. The van der Waals surface area contributed by atoms with Crippen LogP contribution in [-0.2, 0) is 4.74 Å². The number of isothiocyanates is 1. The maximum atomic E-state index is 5.16. The fraction of sp³-hybridized carbons (Fsp3) is 0.833. The van der Waals surface area contributed by atoms with E-state index in [0.29, 0.717) is 6.54 Å². The van der Waals surface area contributed by atoms with Crippen LogP contribution in [0.2, 0.25) is 0 Å². The first-order valence-electron chi connectivity index (χ1n) is 2.96. The van der Waals surface area contributed by atoms with Crippen LogP contribution in [0.3, 0.4) is 0 Å².